The number of ether oxygens (including phenoxy) is 5. The lowest BCUT2D eigenvalue weighted by molar-refractivity contribution is -0.0497. The van der Waals surface area contributed by atoms with E-state index in [0.29, 0.717) is 66.0 Å². The van der Waals surface area contributed by atoms with Crippen LogP contribution < -0.4 is 35.9 Å². The smallest absolute Gasteiger partial charge is 0.343 e. The van der Waals surface area contributed by atoms with Crippen molar-refractivity contribution in [2.75, 3.05) is 19.8 Å². The number of rotatable bonds is 23. The van der Waals surface area contributed by atoms with Crippen LogP contribution in [-0.2, 0) is 17.7 Å². The molecule has 1 unspecified atom stereocenters. The normalized spacial score (nSPS) is 12.4. The summed E-state index contributed by atoms with van der Waals surface area (Å²) in [7, 11) is 0. The van der Waals surface area contributed by atoms with Crippen LogP contribution in [0.5, 0.6) is 23.0 Å². The summed E-state index contributed by atoms with van der Waals surface area (Å²) in [5.41, 5.74) is 12.1. The first-order chi connectivity index (χ1) is 28.2. The quantitative estimate of drug-likeness (QED) is 0.0193. The molecule has 5 N–H and O–H groups in total. The van der Waals surface area contributed by atoms with E-state index >= 15 is 0 Å². The van der Waals surface area contributed by atoms with Crippen LogP contribution >= 0.6 is 0 Å². The van der Waals surface area contributed by atoms with E-state index in [9.17, 15) is 9.59 Å². The van der Waals surface area contributed by atoms with Gasteiger partial charge in [0.1, 0.15) is 23.0 Å². The summed E-state index contributed by atoms with van der Waals surface area (Å²) in [6.07, 6.45) is 9.44. The van der Waals surface area contributed by atoms with E-state index in [4.69, 9.17) is 35.3 Å². The van der Waals surface area contributed by atoms with E-state index in [-0.39, 0.29) is 5.60 Å². The monoisotopic (exact) mass is 790 g/mol. The van der Waals surface area contributed by atoms with Crippen LogP contribution in [0.3, 0.4) is 0 Å². The first-order valence-corrected chi connectivity index (χ1v) is 19.7. The first kappa shape index (κ1) is 43.0. The number of carbonyl (C=O) groups is 2. The van der Waals surface area contributed by atoms with Crippen LogP contribution in [0, 0.1) is 0 Å². The Kier molecular flexibility index (Phi) is 16.2. The largest absolute Gasteiger partial charge is 0.494 e. The van der Waals surface area contributed by atoms with Gasteiger partial charge in [-0.25, -0.2) is 14.3 Å². The second-order valence-corrected chi connectivity index (χ2v) is 14.1. The molecule has 0 aliphatic rings. The van der Waals surface area contributed by atoms with Crippen molar-refractivity contribution in [1.82, 2.24) is 20.4 Å². The van der Waals surface area contributed by atoms with Crippen molar-refractivity contribution in [2.24, 2.45) is 11.6 Å². The maximum Gasteiger partial charge on any atom is 0.343 e. The minimum absolute atomic E-state index is 0.268. The molecule has 0 aliphatic heterocycles. The third-order valence-electron chi connectivity index (χ3n) is 9.42. The topological polar surface area (TPSA) is 175 Å². The van der Waals surface area contributed by atoms with Gasteiger partial charge in [-0.1, -0.05) is 49.7 Å². The standard InChI is InChI=1S/C45H54N6O7/c1-4-6-29-56-45(3,5-2)32-51-31-38(49-50-51)10-8-28-55-40-21-17-36(18-22-40)44(53)58-42-25-13-34(14-26-42)33-11-23-41(24-12-33)57-43(52)35-15-19-39(20-16-35)54-27-7-9-37(46)30-48-47/h11-26,30-31,48H,4-10,27-29,32,46-47H2,1-3H3/b37-30-. The number of esters is 2. The SMILES string of the molecule is CCCCOC(C)(CC)Cn1cc(CCCOc2ccc(C(=O)Oc3ccc(-c4ccc(OC(=O)c5ccc(OCCC/C(N)=C/NN)cc5)cc4)cc3)cc2)nn1. The van der Waals surface area contributed by atoms with Gasteiger partial charge in [-0.3, -0.25) is 5.84 Å². The molecule has 1 aromatic heterocycles. The summed E-state index contributed by atoms with van der Waals surface area (Å²) in [5.74, 6) is 6.40. The van der Waals surface area contributed by atoms with Gasteiger partial charge in [-0.2, -0.15) is 0 Å². The zero-order chi connectivity index (χ0) is 41.2. The highest BCUT2D eigenvalue weighted by Gasteiger charge is 2.24. The van der Waals surface area contributed by atoms with Crippen molar-refractivity contribution in [3.05, 3.63) is 132 Å². The van der Waals surface area contributed by atoms with Gasteiger partial charge in [0.2, 0.25) is 0 Å². The first-order valence-electron chi connectivity index (χ1n) is 19.7. The molecular formula is C45H54N6O7. The number of hydrogen-bond acceptors (Lipinski definition) is 12. The van der Waals surface area contributed by atoms with E-state index in [1.165, 1.54) is 0 Å². The van der Waals surface area contributed by atoms with Gasteiger partial charge in [0.05, 0.1) is 42.2 Å². The average Bonchev–Trinajstić information content (AvgIpc) is 3.68. The maximum atomic E-state index is 12.9. The molecule has 4 aromatic carbocycles. The van der Waals surface area contributed by atoms with E-state index in [1.807, 2.05) is 35.1 Å². The van der Waals surface area contributed by atoms with Gasteiger partial charge in [0.15, 0.2) is 0 Å². The molecule has 1 heterocycles. The molecule has 0 saturated carbocycles. The molecule has 13 nitrogen and oxygen atoms in total. The molecular weight excluding hydrogens is 737 g/mol. The summed E-state index contributed by atoms with van der Waals surface area (Å²) in [4.78, 5) is 25.6. The summed E-state index contributed by atoms with van der Waals surface area (Å²) in [6, 6.07) is 28.0. The molecule has 0 radical (unpaired) electrons. The third-order valence-corrected chi connectivity index (χ3v) is 9.42. The second-order valence-electron chi connectivity index (χ2n) is 14.1. The summed E-state index contributed by atoms with van der Waals surface area (Å²) in [6.45, 7) is 8.79. The number of nitrogens with two attached hydrogens (primary N) is 2. The minimum Gasteiger partial charge on any atom is -0.494 e. The molecule has 0 fully saturated rings. The number of unbranched alkanes of at least 4 members (excludes halogenated alkanes) is 1. The van der Waals surface area contributed by atoms with Gasteiger partial charge in [0, 0.05) is 24.7 Å². The van der Waals surface area contributed by atoms with E-state index in [0.717, 1.165) is 62.0 Å². The summed E-state index contributed by atoms with van der Waals surface area (Å²) in [5, 5.41) is 8.62. The van der Waals surface area contributed by atoms with Crippen LogP contribution in [0.15, 0.2) is 115 Å². The molecule has 0 bridgehead atoms. The average molecular weight is 791 g/mol. The molecule has 5 rings (SSSR count). The molecule has 0 aliphatic carbocycles. The number of hydrazine groups is 1. The van der Waals surface area contributed by atoms with Crippen LogP contribution in [0.25, 0.3) is 11.1 Å². The highest BCUT2D eigenvalue weighted by Crippen LogP contribution is 2.26. The van der Waals surface area contributed by atoms with Gasteiger partial charge < -0.3 is 34.8 Å². The van der Waals surface area contributed by atoms with Gasteiger partial charge in [-0.05, 0) is 129 Å². The fourth-order valence-electron chi connectivity index (χ4n) is 5.82. The Labute approximate surface area is 340 Å². The van der Waals surface area contributed by atoms with E-state index < -0.39 is 11.9 Å². The van der Waals surface area contributed by atoms with Crippen LogP contribution in [0.2, 0.25) is 0 Å². The third kappa shape index (κ3) is 13.5. The summed E-state index contributed by atoms with van der Waals surface area (Å²) < 4.78 is 30.8. The van der Waals surface area contributed by atoms with Crippen molar-refractivity contribution in [3.63, 3.8) is 0 Å². The summed E-state index contributed by atoms with van der Waals surface area (Å²) >= 11 is 0. The Morgan fingerprint density at radius 1 is 0.724 bits per heavy atom. The fourth-order valence-corrected chi connectivity index (χ4v) is 5.82. The highest BCUT2D eigenvalue weighted by molar-refractivity contribution is 5.92. The van der Waals surface area contributed by atoms with E-state index in [1.54, 1.807) is 79.0 Å². The lowest BCUT2D eigenvalue weighted by Crippen LogP contribution is -2.34. The zero-order valence-corrected chi connectivity index (χ0v) is 33.5. The molecule has 5 aromatic rings. The van der Waals surface area contributed by atoms with Crippen molar-refractivity contribution in [2.45, 2.75) is 77.9 Å². The predicted molar refractivity (Wildman–Crippen MR) is 222 cm³/mol. The van der Waals surface area contributed by atoms with Crippen LogP contribution in [0.4, 0.5) is 0 Å². The second kappa shape index (κ2) is 21.9. The lowest BCUT2D eigenvalue weighted by atomic mass is 10.0. The van der Waals surface area contributed by atoms with E-state index in [2.05, 4.69) is 36.5 Å². The van der Waals surface area contributed by atoms with Crippen LogP contribution in [0.1, 0.15) is 85.7 Å². The van der Waals surface area contributed by atoms with Crippen molar-refractivity contribution in [1.29, 1.82) is 0 Å². The van der Waals surface area contributed by atoms with Crippen molar-refractivity contribution < 1.29 is 33.3 Å². The lowest BCUT2D eigenvalue weighted by Gasteiger charge is -2.28. The molecule has 58 heavy (non-hydrogen) atoms. The van der Waals surface area contributed by atoms with Gasteiger partial charge in [-0.15, -0.1) is 5.10 Å². The van der Waals surface area contributed by atoms with Crippen molar-refractivity contribution in [3.8, 4) is 34.1 Å². The van der Waals surface area contributed by atoms with Crippen LogP contribution in [-0.4, -0.2) is 52.4 Å². The highest BCUT2D eigenvalue weighted by atomic mass is 16.5. The number of carbonyl (C=O) groups excluding carboxylic acids is 2. The molecule has 13 heteroatoms. The fraction of sp³-hybridized carbons (Fsp3) is 0.333. The molecule has 1 atom stereocenters. The Morgan fingerprint density at radius 3 is 1.74 bits per heavy atom. The number of nitrogens with one attached hydrogen (secondary N) is 1. The number of nitrogens with zero attached hydrogens (tertiary/aromatic N) is 3. The van der Waals surface area contributed by atoms with Gasteiger partial charge >= 0.3 is 11.9 Å². The Morgan fingerprint density at radius 2 is 1.24 bits per heavy atom. The Balaban J connectivity index is 1.01. The Hall–Kier alpha value is -6.18. The minimum atomic E-state index is -0.479. The number of hydrogen-bond donors (Lipinski definition) is 3. The molecule has 0 saturated heterocycles. The molecule has 0 spiro atoms. The number of allylic oxidation sites excluding steroid dienone is 1. The molecule has 0 amide bonds. The number of aryl methyl sites for hydroxylation is 1. The maximum absolute atomic E-state index is 12.9. The number of benzene rings is 4. The number of aromatic nitrogens is 3. The van der Waals surface area contributed by atoms with Gasteiger partial charge in [0.25, 0.3) is 0 Å². The van der Waals surface area contributed by atoms with Crippen molar-refractivity contribution >= 4 is 11.9 Å². The predicted octanol–water partition coefficient (Wildman–Crippen LogP) is 7.80. The molecule has 306 valence electrons. The zero-order valence-electron chi connectivity index (χ0n) is 33.5. The Bertz CT molecular complexity index is 2050.